The maximum atomic E-state index is 10.9. The molecule has 2 saturated heterocycles. The average molecular weight is 383 g/mol. The molecule has 0 saturated carbocycles. The average Bonchev–Trinajstić information content (AvgIpc) is 2.23. The lowest BCUT2D eigenvalue weighted by Crippen LogP contribution is -2.41. The Bertz CT molecular complexity index is 727. The molecule has 0 amide bonds. The summed E-state index contributed by atoms with van der Waals surface area (Å²) < 4.78 is 89.0. The number of rotatable bonds is 0. The molecule has 0 radical (unpaired) electrons. The summed E-state index contributed by atoms with van der Waals surface area (Å²) in [5.41, 5.74) is 0. The van der Waals surface area contributed by atoms with Crippen molar-refractivity contribution >= 4 is 40.1 Å². The van der Waals surface area contributed by atoms with Crippen LogP contribution in [0.3, 0.4) is 0 Å². The van der Waals surface area contributed by atoms with Crippen molar-refractivity contribution in [1.82, 2.24) is 3.71 Å². The second-order valence-corrected chi connectivity index (χ2v) is 12.6. The van der Waals surface area contributed by atoms with Crippen molar-refractivity contribution in [2.45, 2.75) is 12.8 Å². The van der Waals surface area contributed by atoms with Gasteiger partial charge in [-0.05, 0) is 12.8 Å². The molecule has 0 N–H and O–H groups in total. The molecule has 0 atom stereocenters. The van der Waals surface area contributed by atoms with E-state index in [2.05, 4.69) is 4.13 Å². The van der Waals surface area contributed by atoms with Crippen LogP contribution in [0.5, 0.6) is 0 Å². The van der Waals surface area contributed by atoms with E-state index in [-0.39, 0.29) is 35.9 Å². The fourth-order valence-corrected chi connectivity index (χ4v) is 8.25. The topological polar surface area (TPSA) is 154 Å². The van der Waals surface area contributed by atoms with Gasteiger partial charge in [0, 0.05) is 18.6 Å². The molecule has 2 fully saturated rings. The predicted octanol–water partition coefficient (Wildman–Crippen LogP) is -1.60. The highest BCUT2D eigenvalue weighted by Crippen LogP contribution is 2.18. The van der Waals surface area contributed by atoms with Crippen LogP contribution in [0.25, 0.3) is 4.13 Å². The second-order valence-electron chi connectivity index (χ2n) is 4.37. The van der Waals surface area contributed by atoms with Crippen LogP contribution < -0.4 is 0 Å². The summed E-state index contributed by atoms with van der Waals surface area (Å²) in [6.07, 6.45) is 0.364. The van der Waals surface area contributed by atoms with Gasteiger partial charge in [0.05, 0.1) is 31.6 Å². The molecule has 2 aliphatic heterocycles. The van der Waals surface area contributed by atoms with Gasteiger partial charge in [0.25, 0.3) is 0 Å². The largest absolute Gasteiger partial charge is 0.436 e. The molecular formula is C7H15N2O8S4-. The fourth-order valence-electron chi connectivity index (χ4n) is 1.53. The van der Waals surface area contributed by atoms with E-state index in [9.17, 15) is 33.7 Å². The van der Waals surface area contributed by atoms with Crippen LogP contribution in [0.15, 0.2) is 0 Å². The zero-order chi connectivity index (χ0) is 16.5. The van der Waals surface area contributed by atoms with Gasteiger partial charge in [-0.2, -0.15) is 0 Å². The third-order valence-corrected chi connectivity index (χ3v) is 10.6. The highest BCUT2D eigenvalue weighted by Gasteiger charge is 2.34. The number of hydrogen-bond donors (Lipinski definition) is 0. The summed E-state index contributed by atoms with van der Waals surface area (Å²) in [7, 11) is -13.3. The Morgan fingerprint density at radius 3 is 1.24 bits per heavy atom. The first-order valence-corrected chi connectivity index (χ1v) is 12.1. The van der Waals surface area contributed by atoms with Crippen molar-refractivity contribution in [3.05, 3.63) is 4.13 Å². The van der Waals surface area contributed by atoms with Crippen LogP contribution in [0, 0.1) is 0 Å². The van der Waals surface area contributed by atoms with Gasteiger partial charge >= 0.3 is 0 Å². The Morgan fingerprint density at radius 2 is 1.00 bits per heavy atom. The van der Waals surface area contributed by atoms with Crippen LogP contribution in [0.2, 0.25) is 0 Å². The molecule has 2 heterocycles. The Morgan fingerprint density at radius 1 is 0.667 bits per heavy atom. The summed E-state index contributed by atoms with van der Waals surface area (Å²) in [6, 6.07) is 0. The maximum absolute atomic E-state index is 10.9. The van der Waals surface area contributed by atoms with Crippen LogP contribution in [-0.2, 0) is 40.1 Å². The lowest BCUT2D eigenvalue weighted by Gasteiger charge is -2.25. The lowest BCUT2D eigenvalue weighted by molar-refractivity contribution is 0.515. The van der Waals surface area contributed by atoms with E-state index < -0.39 is 40.1 Å². The molecule has 0 aromatic carbocycles. The molecule has 0 bridgehead atoms. The zero-order valence-corrected chi connectivity index (χ0v) is 14.3. The van der Waals surface area contributed by atoms with Crippen molar-refractivity contribution in [2.24, 2.45) is 0 Å². The van der Waals surface area contributed by atoms with Crippen LogP contribution in [0.1, 0.15) is 12.8 Å². The molecule has 0 aliphatic carbocycles. The summed E-state index contributed by atoms with van der Waals surface area (Å²) in [5, 5.41) is 0. The van der Waals surface area contributed by atoms with E-state index in [1.165, 1.54) is 0 Å². The first kappa shape index (κ1) is 18.8. The Labute approximate surface area is 124 Å². The van der Waals surface area contributed by atoms with Crippen molar-refractivity contribution in [3.63, 3.8) is 0 Å². The maximum Gasteiger partial charge on any atom is 0.226 e. The number of nitrogens with zero attached hydrogens (tertiary/aromatic N) is 2. The predicted molar refractivity (Wildman–Crippen MR) is 75.5 cm³/mol. The van der Waals surface area contributed by atoms with Crippen LogP contribution in [-0.4, -0.2) is 67.4 Å². The molecule has 0 unspecified atom stereocenters. The first-order valence-electron chi connectivity index (χ1n) is 5.67. The van der Waals surface area contributed by atoms with Crippen molar-refractivity contribution in [3.8, 4) is 0 Å². The Kier molecular flexibility index (Phi) is 5.43. The smallest absolute Gasteiger partial charge is 0.226 e. The molecule has 2 rings (SSSR count). The monoisotopic (exact) mass is 383 g/mol. The third-order valence-electron chi connectivity index (χ3n) is 2.62. The summed E-state index contributed by atoms with van der Waals surface area (Å²) in [5.74, 6) is -0.427. The molecule has 2 aliphatic rings. The minimum absolute atomic E-state index is 0.0667. The van der Waals surface area contributed by atoms with E-state index in [1.54, 1.807) is 0 Å². The van der Waals surface area contributed by atoms with E-state index in [0.29, 0.717) is 3.71 Å². The third kappa shape index (κ3) is 5.45. The van der Waals surface area contributed by atoms with E-state index in [1.807, 2.05) is 0 Å². The van der Waals surface area contributed by atoms with Gasteiger partial charge in [0.1, 0.15) is 0 Å². The van der Waals surface area contributed by atoms with Crippen LogP contribution in [0.4, 0.5) is 0 Å². The minimum Gasteiger partial charge on any atom is -0.436 e. The quantitative estimate of drug-likeness (QED) is 0.485. The summed E-state index contributed by atoms with van der Waals surface area (Å²) in [4.78, 5) is 0. The number of sulfonamides is 4. The molecule has 21 heavy (non-hydrogen) atoms. The molecule has 14 heteroatoms. The molecular weight excluding hydrogens is 368 g/mol. The highest BCUT2D eigenvalue weighted by molar-refractivity contribution is 8.12. The summed E-state index contributed by atoms with van der Waals surface area (Å²) >= 11 is 0. The van der Waals surface area contributed by atoms with Gasteiger partial charge in [0.15, 0.2) is 0 Å². The molecule has 126 valence electrons. The number of hydrogen-bond acceptors (Lipinski definition) is 8. The standard InChI is InChI=1S/C4H9NO4S2.C3H6NO4S2/c1-5-10(6,7)3-2-4-11(5,8)9;5-9(6)2-1-3-10(7,8)4-9/h2-4H2,1H3;1-3H2/q;-1. The Hall–Kier alpha value is -0.280. The van der Waals surface area contributed by atoms with Gasteiger partial charge in [-0.15, -0.1) is 0 Å². The highest BCUT2D eigenvalue weighted by atomic mass is 32.3. The first-order chi connectivity index (χ1) is 9.28. The zero-order valence-electron chi connectivity index (χ0n) is 11.0. The molecule has 0 aromatic rings. The van der Waals surface area contributed by atoms with Crippen molar-refractivity contribution in [2.75, 3.05) is 30.1 Å². The normalized spacial score (nSPS) is 29.8. The van der Waals surface area contributed by atoms with Gasteiger partial charge in [-0.25, -0.2) is 33.7 Å². The van der Waals surface area contributed by atoms with E-state index in [0.717, 1.165) is 7.05 Å². The van der Waals surface area contributed by atoms with E-state index in [4.69, 9.17) is 0 Å². The Balaban J connectivity index is 0.000000211. The SMILES string of the molecule is CN1S(=O)(=O)CCCS1(=O)=O.O=S1(=O)CCCS(=O)(=O)[N-]1. The minimum atomic E-state index is -3.65. The van der Waals surface area contributed by atoms with Crippen molar-refractivity contribution < 1.29 is 33.7 Å². The van der Waals surface area contributed by atoms with Gasteiger partial charge in [0.2, 0.25) is 20.0 Å². The lowest BCUT2D eigenvalue weighted by atomic mass is 10.6. The van der Waals surface area contributed by atoms with Gasteiger partial charge in [-0.1, -0.05) is 3.71 Å². The van der Waals surface area contributed by atoms with Gasteiger partial charge in [-0.3, -0.25) is 0 Å². The van der Waals surface area contributed by atoms with Gasteiger partial charge < -0.3 is 4.13 Å². The van der Waals surface area contributed by atoms with Crippen LogP contribution >= 0.6 is 0 Å². The molecule has 0 spiro atoms. The molecule has 0 aromatic heterocycles. The van der Waals surface area contributed by atoms with Crippen molar-refractivity contribution in [1.29, 1.82) is 0 Å². The van der Waals surface area contributed by atoms with E-state index >= 15 is 0 Å². The second kappa shape index (κ2) is 6.08. The fraction of sp³-hybridized carbons (Fsp3) is 1.00. The molecule has 10 nitrogen and oxygen atoms in total. The summed E-state index contributed by atoms with van der Waals surface area (Å²) in [6.45, 7) is 0.